The molecule has 0 fully saturated rings. The Balaban J connectivity index is 1.65. The molecule has 0 aliphatic rings. The van der Waals surface area contributed by atoms with Crippen molar-refractivity contribution >= 4 is 22.5 Å². The molecule has 1 aromatic heterocycles. The number of fused-ring (bicyclic) bond motifs is 1. The van der Waals surface area contributed by atoms with E-state index in [0.717, 1.165) is 22.3 Å². The number of ether oxygens (including phenoxy) is 1. The first-order valence-electron chi connectivity index (χ1n) is 7.52. The van der Waals surface area contributed by atoms with Gasteiger partial charge in [0.05, 0.1) is 25.4 Å². The van der Waals surface area contributed by atoms with E-state index in [0.29, 0.717) is 13.0 Å². The van der Waals surface area contributed by atoms with Crippen LogP contribution in [-0.2, 0) is 11.3 Å². The molecule has 0 bridgehead atoms. The zero-order valence-electron chi connectivity index (χ0n) is 13.2. The van der Waals surface area contributed by atoms with Crippen molar-refractivity contribution in [1.82, 2.24) is 9.78 Å². The summed E-state index contributed by atoms with van der Waals surface area (Å²) in [5.74, 6) is 0.672. The van der Waals surface area contributed by atoms with Crippen LogP contribution in [0.1, 0.15) is 12.0 Å². The Bertz CT molecular complexity index is 839. The summed E-state index contributed by atoms with van der Waals surface area (Å²) in [6.07, 6.45) is 2.21. The second-order valence-corrected chi connectivity index (χ2v) is 5.41. The van der Waals surface area contributed by atoms with E-state index in [2.05, 4.69) is 23.4 Å². The minimum Gasteiger partial charge on any atom is -0.497 e. The molecule has 118 valence electrons. The Labute approximate surface area is 134 Å². The maximum Gasteiger partial charge on any atom is 0.226 e. The summed E-state index contributed by atoms with van der Waals surface area (Å²) in [7, 11) is 1.60. The maximum atomic E-state index is 12.1. The molecule has 5 heteroatoms. The average molecular weight is 309 g/mol. The lowest BCUT2D eigenvalue weighted by Crippen LogP contribution is -2.15. The van der Waals surface area contributed by atoms with Crippen LogP contribution < -0.4 is 10.1 Å². The summed E-state index contributed by atoms with van der Waals surface area (Å²) >= 11 is 0. The average Bonchev–Trinajstić information content (AvgIpc) is 2.98. The standard InChI is InChI=1S/C18H19N3O2/c1-13-5-3-8-17-16(13)12-19-21(17)10-9-18(22)20-14-6-4-7-15(11-14)23-2/h3-8,11-12H,9-10H2,1-2H3,(H,20,22). The molecule has 0 unspecified atom stereocenters. The van der Waals surface area contributed by atoms with E-state index in [1.54, 1.807) is 13.2 Å². The fourth-order valence-electron chi connectivity index (χ4n) is 2.56. The van der Waals surface area contributed by atoms with Gasteiger partial charge in [-0.2, -0.15) is 5.10 Å². The normalized spacial score (nSPS) is 10.7. The number of anilines is 1. The second kappa shape index (κ2) is 6.52. The molecule has 1 amide bonds. The van der Waals surface area contributed by atoms with Gasteiger partial charge in [-0.3, -0.25) is 9.48 Å². The number of nitrogens with zero attached hydrogens (tertiary/aromatic N) is 2. The number of amides is 1. The van der Waals surface area contributed by atoms with Gasteiger partial charge in [-0.15, -0.1) is 0 Å². The topological polar surface area (TPSA) is 56.1 Å². The lowest BCUT2D eigenvalue weighted by molar-refractivity contribution is -0.116. The summed E-state index contributed by atoms with van der Waals surface area (Å²) in [5.41, 5.74) is 2.98. The molecule has 5 nitrogen and oxygen atoms in total. The summed E-state index contributed by atoms with van der Waals surface area (Å²) < 4.78 is 7.02. The quantitative estimate of drug-likeness (QED) is 0.786. The fraction of sp³-hybridized carbons (Fsp3) is 0.222. The minimum atomic E-state index is -0.0467. The van der Waals surface area contributed by atoms with Gasteiger partial charge in [-0.05, 0) is 30.7 Å². The fourth-order valence-corrected chi connectivity index (χ4v) is 2.56. The Hall–Kier alpha value is -2.82. The van der Waals surface area contributed by atoms with Crippen LogP contribution in [0.5, 0.6) is 5.75 Å². The highest BCUT2D eigenvalue weighted by molar-refractivity contribution is 5.91. The highest BCUT2D eigenvalue weighted by Gasteiger charge is 2.08. The lowest BCUT2D eigenvalue weighted by Gasteiger charge is -2.08. The summed E-state index contributed by atoms with van der Waals surface area (Å²) in [4.78, 5) is 12.1. The molecule has 3 aromatic rings. The van der Waals surface area contributed by atoms with Crippen molar-refractivity contribution < 1.29 is 9.53 Å². The first kappa shape index (κ1) is 15.1. The predicted molar refractivity (Wildman–Crippen MR) is 90.7 cm³/mol. The van der Waals surface area contributed by atoms with Crippen LogP contribution in [-0.4, -0.2) is 22.8 Å². The van der Waals surface area contributed by atoms with Gasteiger partial charge in [0.2, 0.25) is 5.91 Å². The van der Waals surface area contributed by atoms with Gasteiger partial charge in [-0.25, -0.2) is 0 Å². The third kappa shape index (κ3) is 3.34. The highest BCUT2D eigenvalue weighted by Crippen LogP contribution is 2.19. The van der Waals surface area contributed by atoms with Crippen molar-refractivity contribution in [2.45, 2.75) is 19.9 Å². The van der Waals surface area contributed by atoms with E-state index in [-0.39, 0.29) is 5.91 Å². The number of carbonyl (C=O) groups is 1. The van der Waals surface area contributed by atoms with Gasteiger partial charge in [0, 0.05) is 23.6 Å². The molecule has 3 rings (SSSR count). The number of nitrogens with one attached hydrogen (secondary N) is 1. The van der Waals surface area contributed by atoms with Crippen LogP contribution in [0.4, 0.5) is 5.69 Å². The molecular formula is C18H19N3O2. The van der Waals surface area contributed by atoms with Crippen molar-refractivity contribution in [1.29, 1.82) is 0 Å². The molecule has 0 aliphatic carbocycles. The van der Waals surface area contributed by atoms with Crippen LogP contribution in [0.15, 0.2) is 48.7 Å². The van der Waals surface area contributed by atoms with Crippen LogP contribution in [0.25, 0.3) is 10.9 Å². The van der Waals surface area contributed by atoms with E-state index in [9.17, 15) is 4.79 Å². The van der Waals surface area contributed by atoms with Gasteiger partial charge in [0.25, 0.3) is 0 Å². The summed E-state index contributed by atoms with van der Waals surface area (Å²) in [6.45, 7) is 2.60. The first-order chi connectivity index (χ1) is 11.2. The molecule has 0 saturated carbocycles. The zero-order valence-corrected chi connectivity index (χ0v) is 13.2. The van der Waals surface area contributed by atoms with E-state index in [4.69, 9.17) is 4.74 Å². The smallest absolute Gasteiger partial charge is 0.226 e. The zero-order chi connectivity index (χ0) is 16.2. The third-order valence-corrected chi connectivity index (χ3v) is 3.81. The SMILES string of the molecule is COc1cccc(NC(=O)CCn2ncc3c(C)cccc32)c1. The van der Waals surface area contributed by atoms with Crippen LogP contribution in [0, 0.1) is 6.92 Å². The Morgan fingerprint density at radius 2 is 2.09 bits per heavy atom. The van der Waals surface area contributed by atoms with Gasteiger partial charge in [0.1, 0.15) is 5.75 Å². The Kier molecular flexibility index (Phi) is 4.28. The second-order valence-electron chi connectivity index (χ2n) is 5.41. The monoisotopic (exact) mass is 309 g/mol. The predicted octanol–water partition coefficient (Wildman–Crippen LogP) is 3.38. The number of carbonyl (C=O) groups excluding carboxylic acids is 1. The van der Waals surface area contributed by atoms with E-state index >= 15 is 0 Å². The number of methoxy groups -OCH3 is 1. The maximum absolute atomic E-state index is 12.1. The van der Waals surface area contributed by atoms with Crippen molar-refractivity contribution in [2.75, 3.05) is 12.4 Å². The molecule has 0 saturated heterocycles. The molecule has 2 aromatic carbocycles. The molecule has 23 heavy (non-hydrogen) atoms. The third-order valence-electron chi connectivity index (χ3n) is 3.81. The Morgan fingerprint density at radius 1 is 1.26 bits per heavy atom. The molecule has 0 spiro atoms. The van der Waals surface area contributed by atoms with Crippen molar-refractivity contribution in [2.24, 2.45) is 0 Å². The number of benzene rings is 2. The highest BCUT2D eigenvalue weighted by atomic mass is 16.5. The van der Waals surface area contributed by atoms with E-state index < -0.39 is 0 Å². The van der Waals surface area contributed by atoms with Crippen molar-refractivity contribution in [3.63, 3.8) is 0 Å². The first-order valence-corrected chi connectivity index (χ1v) is 7.52. The number of hydrogen-bond donors (Lipinski definition) is 1. The van der Waals surface area contributed by atoms with Gasteiger partial charge < -0.3 is 10.1 Å². The van der Waals surface area contributed by atoms with Gasteiger partial charge >= 0.3 is 0 Å². The molecule has 1 N–H and O–H groups in total. The van der Waals surface area contributed by atoms with Crippen LogP contribution in [0.2, 0.25) is 0 Å². The molecule has 0 aliphatic heterocycles. The van der Waals surface area contributed by atoms with Crippen molar-refractivity contribution in [3.05, 3.63) is 54.2 Å². The molecule has 1 heterocycles. The minimum absolute atomic E-state index is 0.0467. The lowest BCUT2D eigenvalue weighted by atomic mass is 10.1. The molecular weight excluding hydrogens is 290 g/mol. The number of aryl methyl sites for hydroxylation is 2. The molecule has 0 radical (unpaired) electrons. The summed E-state index contributed by atoms with van der Waals surface area (Å²) in [5, 5.41) is 8.38. The van der Waals surface area contributed by atoms with Crippen LogP contribution >= 0.6 is 0 Å². The number of rotatable bonds is 5. The van der Waals surface area contributed by atoms with E-state index in [1.165, 1.54) is 5.56 Å². The largest absolute Gasteiger partial charge is 0.497 e. The van der Waals surface area contributed by atoms with Gasteiger partial charge in [0.15, 0.2) is 0 Å². The van der Waals surface area contributed by atoms with Crippen LogP contribution in [0.3, 0.4) is 0 Å². The number of hydrogen-bond acceptors (Lipinski definition) is 3. The summed E-state index contributed by atoms with van der Waals surface area (Å²) in [6, 6.07) is 13.4. The van der Waals surface area contributed by atoms with Gasteiger partial charge in [-0.1, -0.05) is 18.2 Å². The molecule has 0 atom stereocenters. The van der Waals surface area contributed by atoms with E-state index in [1.807, 2.05) is 41.2 Å². The number of aromatic nitrogens is 2. The Morgan fingerprint density at radius 3 is 2.91 bits per heavy atom. The van der Waals surface area contributed by atoms with Crippen molar-refractivity contribution in [3.8, 4) is 5.75 Å².